The van der Waals surface area contributed by atoms with E-state index in [9.17, 15) is 4.79 Å². The minimum Gasteiger partial charge on any atom is -0.339 e. The summed E-state index contributed by atoms with van der Waals surface area (Å²) in [7, 11) is 1.50. The van der Waals surface area contributed by atoms with E-state index in [4.69, 9.17) is 0 Å². The van der Waals surface area contributed by atoms with Gasteiger partial charge < -0.3 is 10.3 Å². The lowest BCUT2D eigenvalue weighted by molar-refractivity contribution is 0.402. The number of aryl methyl sites for hydroxylation is 2. The molecule has 1 aliphatic rings. The third-order valence-electron chi connectivity index (χ3n) is 6.42. The molecule has 218 valence electrons. The van der Waals surface area contributed by atoms with Gasteiger partial charge in [0, 0.05) is 22.9 Å². The van der Waals surface area contributed by atoms with Gasteiger partial charge in [-0.3, -0.25) is 4.79 Å². The topological polar surface area (TPSA) is 48.0 Å². The maximum absolute atomic E-state index is 16.5. The summed E-state index contributed by atoms with van der Waals surface area (Å²) in [5.74, 6) is -0.271. The fraction of sp³-hybridized carbons (Fsp3) is 0.618. The molecule has 4 heteroatoms. The minimum atomic E-state index is -0.349. The van der Waals surface area contributed by atoms with Crippen molar-refractivity contribution in [1.82, 2.24) is 4.57 Å². The summed E-state index contributed by atoms with van der Waals surface area (Å²) in [6.45, 7) is 30.6. The Morgan fingerprint density at radius 1 is 1.00 bits per heavy atom. The minimum absolute atomic E-state index is 0.0130. The predicted molar refractivity (Wildman–Crippen MR) is 171 cm³/mol. The van der Waals surface area contributed by atoms with Crippen LogP contribution in [0.15, 0.2) is 28.7 Å². The Bertz CT molecular complexity index is 1140. The highest BCUT2D eigenvalue weighted by atomic mass is 19.1. The second-order valence-electron chi connectivity index (χ2n) is 10.6. The van der Waals surface area contributed by atoms with Crippen molar-refractivity contribution < 1.29 is 4.39 Å². The summed E-state index contributed by atoms with van der Waals surface area (Å²) in [5.41, 5.74) is 9.88. The molecule has 0 unspecified atom stereocenters. The zero-order valence-corrected chi connectivity index (χ0v) is 27.7. The number of fused-ring (bicyclic) bond motifs is 1. The molecule has 0 amide bonds. The van der Waals surface area contributed by atoms with Crippen LogP contribution in [0, 0.1) is 25.1 Å². The van der Waals surface area contributed by atoms with Crippen LogP contribution in [0.2, 0.25) is 0 Å². The van der Waals surface area contributed by atoms with Gasteiger partial charge >= 0.3 is 0 Å². The van der Waals surface area contributed by atoms with Gasteiger partial charge in [-0.05, 0) is 90.0 Å². The van der Waals surface area contributed by atoms with Crippen molar-refractivity contribution in [2.24, 2.45) is 11.1 Å². The Morgan fingerprint density at radius 2 is 1.50 bits per heavy atom. The first-order chi connectivity index (χ1) is 17.8. The first-order valence-corrected chi connectivity index (χ1v) is 14.6. The van der Waals surface area contributed by atoms with Crippen LogP contribution in [0.3, 0.4) is 0 Å². The second-order valence-corrected chi connectivity index (χ2v) is 10.6. The van der Waals surface area contributed by atoms with Gasteiger partial charge in [0.05, 0.1) is 10.9 Å². The van der Waals surface area contributed by atoms with Crippen molar-refractivity contribution in [3.05, 3.63) is 62.2 Å². The average molecular weight is 531 g/mol. The van der Waals surface area contributed by atoms with Crippen molar-refractivity contribution in [3.63, 3.8) is 0 Å². The van der Waals surface area contributed by atoms with E-state index in [0.717, 1.165) is 29.5 Å². The van der Waals surface area contributed by atoms with E-state index in [-0.39, 0.29) is 22.2 Å². The van der Waals surface area contributed by atoms with Gasteiger partial charge in [-0.2, -0.15) is 0 Å². The van der Waals surface area contributed by atoms with Gasteiger partial charge in [-0.25, -0.2) is 4.39 Å². The number of allylic oxidation sites excluding steroid dienone is 4. The molecule has 1 aromatic carbocycles. The molecule has 0 bridgehead atoms. The molecule has 0 aliphatic heterocycles. The molecule has 0 radical (unpaired) electrons. The van der Waals surface area contributed by atoms with E-state index in [1.54, 1.807) is 0 Å². The van der Waals surface area contributed by atoms with E-state index in [1.165, 1.54) is 12.6 Å². The first-order valence-electron chi connectivity index (χ1n) is 14.6. The van der Waals surface area contributed by atoms with Gasteiger partial charge in [0.15, 0.2) is 11.2 Å². The van der Waals surface area contributed by atoms with E-state index in [0.29, 0.717) is 28.5 Å². The van der Waals surface area contributed by atoms with Crippen molar-refractivity contribution in [3.8, 4) is 0 Å². The largest absolute Gasteiger partial charge is 0.339 e. The number of pyridine rings is 1. The van der Waals surface area contributed by atoms with E-state index >= 15 is 4.39 Å². The number of rotatable bonds is 2. The van der Waals surface area contributed by atoms with Crippen LogP contribution in [0.1, 0.15) is 125 Å². The normalized spacial score (nSPS) is 14.1. The van der Waals surface area contributed by atoms with Crippen molar-refractivity contribution in [2.45, 2.75) is 129 Å². The molecule has 0 fully saturated rings. The van der Waals surface area contributed by atoms with Gasteiger partial charge in [0.2, 0.25) is 0 Å². The van der Waals surface area contributed by atoms with Crippen molar-refractivity contribution in [1.29, 1.82) is 0 Å². The van der Waals surface area contributed by atoms with Crippen LogP contribution in [-0.4, -0.2) is 11.6 Å². The molecular weight excluding hydrogens is 471 g/mol. The maximum Gasteiger partial charge on any atom is 0.192 e. The van der Waals surface area contributed by atoms with E-state index in [2.05, 4.69) is 59.4 Å². The Kier molecular flexibility index (Phi) is 16.7. The molecule has 0 atom stereocenters. The molecule has 0 saturated carbocycles. The lowest BCUT2D eigenvalue weighted by atomic mass is 9.83. The fourth-order valence-corrected chi connectivity index (χ4v) is 4.70. The number of nitrogens with two attached hydrogens (primary N) is 1. The van der Waals surface area contributed by atoms with Crippen molar-refractivity contribution in [2.75, 3.05) is 7.05 Å². The zero-order valence-electron chi connectivity index (χ0n) is 27.7. The van der Waals surface area contributed by atoms with Crippen LogP contribution in [0.4, 0.5) is 4.39 Å². The molecule has 1 aromatic heterocycles. The highest BCUT2D eigenvalue weighted by Gasteiger charge is 2.28. The lowest BCUT2D eigenvalue weighted by Crippen LogP contribution is -2.27. The molecule has 2 aromatic rings. The van der Waals surface area contributed by atoms with Crippen LogP contribution in [0.25, 0.3) is 16.5 Å². The smallest absolute Gasteiger partial charge is 0.192 e. The van der Waals surface area contributed by atoms with Crippen LogP contribution in [0.5, 0.6) is 0 Å². The SMILES string of the molecule is CC.CC.CC.CCc1c(C2=CC(C)(C)CCC(C)=C2)c(F)c2c(c1C)c(=O)c(C)cn2C(C)(C)C.CN. The van der Waals surface area contributed by atoms with Crippen LogP contribution >= 0.6 is 0 Å². The fourth-order valence-electron chi connectivity index (χ4n) is 4.70. The first kappa shape index (κ1) is 37.9. The summed E-state index contributed by atoms with van der Waals surface area (Å²) in [4.78, 5) is 13.1. The van der Waals surface area contributed by atoms with Crippen molar-refractivity contribution >= 4 is 16.5 Å². The third-order valence-corrected chi connectivity index (χ3v) is 6.42. The molecule has 3 nitrogen and oxygen atoms in total. The Labute approximate surface area is 234 Å². The monoisotopic (exact) mass is 530 g/mol. The molecule has 1 heterocycles. The summed E-state index contributed by atoms with van der Waals surface area (Å²) >= 11 is 0. The number of nitrogens with zero attached hydrogens (tertiary/aromatic N) is 1. The predicted octanol–water partition coefficient (Wildman–Crippen LogP) is 9.88. The van der Waals surface area contributed by atoms with Gasteiger partial charge in [0.1, 0.15) is 0 Å². The van der Waals surface area contributed by atoms with Crippen LogP contribution < -0.4 is 11.2 Å². The number of hydrogen-bond donors (Lipinski definition) is 1. The Morgan fingerprint density at radius 3 is 1.95 bits per heavy atom. The maximum atomic E-state index is 16.5. The van der Waals surface area contributed by atoms with Crippen LogP contribution in [-0.2, 0) is 12.0 Å². The molecule has 0 saturated heterocycles. The quantitative estimate of drug-likeness (QED) is 0.420. The van der Waals surface area contributed by atoms with Gasteiger partial charge in [-0.1, -0.05) is 80.0 Å². The number of benzene rings is 1. The highest BCUT2D eigenvalue weighted by molar-refractivity contribution is 5.92. The Balaban J connectivity index is 0. The highest BCUT2D eigenvalue weighted by Crippen LogP contribution is 2.40. The summed E-state index contributed by atoms with van der Waals surface area (Å²) in [6, 6.07) is 0. The van der Waals surface area contributed by atoms with Gasteiger partial charge in [-0.15, -0.1) is 0 Å². The summed E-state index contributed by atoms with van der Waals surface area (Å²) in [6.07, 6.45) is 8.91. The zero-order chi connectivity index (χ0) is 30.6. The molecular formula is C34H59FN2O. The number of halogens is 1. The molecule has 0 spiro atoms. The van der Waals surface area contributed by atoms with Gasteiger partial charge in [0.25, 0.3) is 0 Å². The number of hydrogen-bond acceptors (Lipinski definition) is 2. The average Bonchev–Trinajstić information content (AvgIpc) is 3.03. The third kappa shape index (κ3) is 8.66. The lowest BCUT2D eigenvalue weighted by Gasteiger charge is -2.29. The molecule has 2 N–H and O–H groups in total. The van der Waals surface area contributed by atoms with E-state index < -0.39 is 0 Å². The summed E-state index contributed by atoms with van der Waals surface area (Å²) in [5, 5.41) is 0.525. The van der Waals surface area contributed by atoms with E-state index in [1.807, 2.05) is 73.1 Å². The number of aromatic nitrogens is 1. The Hall–Kier alpha value is -2.20. The standard InChI is InChI=1S/C27H36FNO.3C2H6.CH5N/c1-10-20-18(4)21-24(29(26(5,6)7)15-17(3)25(21)30)23(28)22(20)19-13-16(2)11-12-27(8,9)14-19;4*1-2/h13-15H,10-12H2,1-9H3;3*1-2H3;2H2,1H3. The summed E-state index contributed by atoms with van der Waals surface area (Å²) < 4.78 is 18.4. The molecule has 1 aliphatic carbocycles. The molecule has 38 heavy (non-hydrogen) atoms. The molecule has 3 rings (SSSR count). The second kappa shape index (κ2) is 16.7.